The number of carbonyl (C=O) groups excluding carboxylic acids is 1. The van der Waals surface area contributed by atoms with Crippen LogP contribution in [0.4, 0.5) is 0 Å². The minimum Gasteiger partial charge on any atom is -0.497 e. The molecule has 1 aliphatic carbocycles. The standard InChI is InChI=1S/C19H18ClNO3/c1-24-14-8-6-12(7-9-14)13-10-16(19(20)21-11-13)18(23)15-4-2-3-5-17(15)22/h4,6-11,18,23H,2-3,5H2,1H3. The van der Waals surface area contributed by atoms with Gasteiger partial charge in [0.25, 0.3) is 0 Å². The first-order chi connectivity index (χ1) is 11.6. The number of pyridine rings is 1. The molecule has 0 bridgehead atoms. The van der Waals surface area contributed by atoms with Gasteiger partial charge in [0.05, 0.1) is 7.11 Å². The molecular weight excluding hydrogens is 326 g/mol. The SMILES string of the molecule is COc1ccc(-c2cnc(Cl)c(C(O)C3=CCCCC3=O)c2)cc1. The first-order valence-corrected chi connectivity index (χ1v) is 8.19. The van der Waals surface area contributed by atoms with E-state index in [1.807, 2.05) is 24.3 Å². The van der Waals surface area contributed by atoms with Gasteiger partial charge in [0.15, 0.2) is 5.78 Å². The zero-order valence-electron chi connectivity index (χ0n) is 13.3. The Balaban J connectivity index is 1.96. The summed E-state index contributed by atoms with van der Waals surface area (Å²) in [5.41, 5.74) is 2.61. The molecule has 1 aromatic heterocycles. The minimum absolute atomic E-state index is 0.0281. The fraction of sp³-hybridized carbons (Fsp3) is 0.263. The Labute approximate surface area is 145 Å². The van der Waals surface area contributed by atoms with Crippen LogP contribution < -0.4 is 4.74 Å². The van der Waals surface area contributed by atoms with Gasteiger partial charge >= 0.3 is 0 Å². The van der Waals surface area contributed by atoms with Gasteiger partial charge < -0.3 is 9.84 Å². The molecule has 0 saturated carbocycles. The molecule has 0 amide bonds. The molecule has 24 heavy (non-hydrogen) atoms. The third kappa shape index (κ3) is 3.35. The summed E-state index contributed by atoms with van der Waals surface area (Å²) in [6.45, 7) is 0. The van der Waals surface area contributed by atoms with Gasteiger partial charge in [-0.05, 0) is 36.6 Å². The van der Waals surface area contributed by atoms with E-state index in [9.17, 15) is 9.90 Å². The molecule has 3 rings (SSSR count). The van der Waals surface area contributed by atoms with Gasteiger partial charge in [0, 0.05) is 29.3 Å². The van der Waals surface area contributed by atoms with Gasteiger partial charge in [-0.15, -0.1) is 0 Å². The maximum atomic E-state index is 12.0. The van der Waals surface area contributed by atoms with Crippen LogP contribution in [0.2, 0.25) is 5.15 Å². The molecular formula is C19H18ClNO3. The number of allylic oxidation sites excluding steroid dienone is 1. The van der Waals surface area contributed by atoms with E-state index in [2.05, 4.69) is 4.98 Å². The Hall–Kier alpha value is -2.17. The molecule has 0 spiro atoms. The highest BCUT2D eigenvalue weighted by Crippen LogP contribution is 2.33. The minimum atomic E-state index is -1.05. The first kappa shape index (κ1) is 16.7. The molecule has 1 heterocycles. The number of nitrogens with zero attached hydrogens (tertiary/aromatic N) is 1. The van der Waals surface area contributed by atoms with E-state index in [0.717, 1.165) is 29.7 Å². The van der Waals surface area contributed by atoms with Crippen molar-refractivity contribution >= 4 is 17.4 Å². The molecule has 0 radical (unpaired) electrons. The lowest BCUT2D eigenvalue weighted by atomic mass is 9.90. The van der Waals surface area contributed by atoms with Gasteiger partial charge in [-0.1, -0.05) is 29.8 Å². The van der Waals surface area contributed by atoms with Crippen molar-refractivity contribution in [2.24, 2.45) is 0 Å². The molecule has 1 unspecified atom stereocenters. The summed E-state index contributed by atoms with van der Waals surface area (Å²) in [4.78, 5) is 16.2. The van der Waals surface area contributed by atoms with Crippen LogP contribution in [-0.2, 0) is 4.79 Å². The number of benzene rings is 1. The van der Waals surface area contributed by atoms with Crippen molar-refractivity contribution in [1.29, 1.82) is 0 Å². The molecule has 2 aromatic rings. The van der Waals surface area contributed by atoms with Crippen LogP contribution in [0.15, 0.2) is 48.2 Å². The van der Waals surface area contributed by atoms with Crippen molar-refractivity contribution in [3.63, 3.8) is 0 Å². The molecule has 1 atom stereocenters. The van der Waals surface area contributed by atoms with E-state index in [-0.39, 0.29) is 10.9 Å². The first-order valence-electron chi connectivity index (χ1n) is 7.81. The number of hydrogen-bond acceptors (Lipinski definition) is 4. The quantitative estimate of drug-likeness (QED) is 0.848. The summed E-state index contributed by atoms with van der Waals surface area (Å²) in [5, 5.41) is 10.8. The van der Waals surface area contributed by atoms with Gasteiger partial charge in [-0.2, -0.15) is 0 Å². The van der Waals surface area contributed by atoms with Crippen LogP contribution >= 0.6 is 11.6 Å². The Morgan fingerprint density at radius 3 is 2.67 bits per heavy atom. The van der Waals surface area contributed by atoms with Gasteiger partial charge in [0.2, 0.25) is 0 Å². The van der Waals surface area contributed by atoms with E-state index in [1.165, 1.54) is 0 Å². The third-order valence-corrected chi connectivity index (χ3v) is 4.49. The second-order valence-corrected chi connectivity index (χ2v) is 6.07. The van der Waals surface area contributed by atoms with Gasteiger partial charge in [-0.25, -0.2) is 4.98 Å². The summed E-state index contributed by atoms with van der Waals surface area (Å²) in [7, 11) is 1.61. The number of ether oxygens (including phenoxy) is 1. The Kier molecular flexibility index (Phi) is 4.97. The highest BCUT2D eigenvalue weighted by molar-refractivity contribution is 6.30. The lowest BCUT2D eigenvalue weighted by Gasteiger charge is -2.19. The predicted octanol–water partition coefficient (Wildman–Crippen LogP) is 4.12. The smallest absolute Gasteiger partial charge is 0.161 e. The van der Waals surface area contributed by atoms with Crippen molar-refractivity contribution in [3.8, 4) is 16.9 Å². The maximum Gasteiger partial charge on any atom is 0.161 e. The molecule has 124 valence electrons. The second-order valence-electron chi connectivity index (χ2n) is 5.71. The maximum absolute atomic E-state index is 12.0. The Bertz CT molecular complexity index is 784. The number of hydrogen-bond donors (Lipinski definition) is 1. The van der Waals surface area contributed by atoms with Crippen molar-refractivity contribution in [3.05, 3.63) is 58.9 Å². The van der Waals surface area contributed by atoms with Crippen LogP contribution in [-0.4, -0.2) is 23.0 Å². The van der Waals surface area contributed by atoms with Gasteiger partial charge in [-0.3, -0.25) is 4.79 Å². The summed E-state index contributed by atoms with van der Waals surface area (Å²) < 4.78 is 5.16. The number of carbonyl (C=O) groups is 1. The summed E-state index contributed by atoms with van der Waals surface area (Å²) in [6.07, 6.45) is 4.49. The van der Waals surface area contributed by atoms with E-state index in [4.69, 9.17) is 16.3 Å². The predicted molar refractivity (Wildman–Crippen MR) is 93.1 cm³/mol. The lowest BCUT2D eigenvalue weighted by Crippen LogP contribution is -2.15. The molecule has 5 heteroatoms. The molecule has 0 saturated heterocycles. The van der Waals surface area contributed by atoms with Crippen LogP contribution in [0, 0.1) is 0 Å². The van der Waals surface area contributed by atoms with E-state index in [1.54, 1.807) is 25.4 Å². The van der Waals surface area contributed by atoms with E-state index < -0.39 is 6.10 Å². The highest BCUT2D eigenvalue weighted by atomic mass is 35.5. The molecule has 0 fully saturated rings. The number of ketones is 1. The lowest BCUT2D eigenvalue weighted by molar-refractivity contribution is -0.117. The monoisotopic (exact) mass is 343 g/mol. The Morgan fingerprint density at radius 2 is 2.00 bits per heavy atom. The van der Waals surface area contributed by atoms with E-state index >= 15 is 0 Å². The molecule has 1 aliphatic rings. The topological polar surface area (TPSA) is 59.4 Å². The number of halogens is 1. The third-order valence-electron chi connectivity index (χ3n) is 4.17. The van der Waals surface area contributed by atoms with Crippen molar-refractivity contribution in [2.45, 2.75) is 25.4 Å². The fourth-order valence-corrected chi connectivity index (χ4v) is 3.01. The van der Waals surface area contributed by atoms with Gasteiger partial charge in [0.1, 0.15) is 17.0 Å². The number of methoxy groups -OCH3 is 1. The number of Topliss-reactive ketones (excluding diaryl/α,β-unsaturated/α-hetero) is 1. The molecule has 4 nitrogen and oxygen atoms in total. The summed E-state index contributed by atoms with van der Waals surface area (Å²) in [5.74, 6) is 0.735. The fourth-order valence-electron chi connectivity index (χ4n) is 2.81. The Morgan fingerprint density at radius 1 is 1.25 bits per heavy atom. The van der Waals surface area contributed by atoms with Crippen molar-refractivity contribution in [1.82, 2.24) is 4.98 Å². The second kappa shape index (κ2) is 7.16. The zero-order chi connectivity index (χ0) is 17.1. The largest absolute Gasteiger partial charge is 0.497 e. The normalized spacial score (nSPS) is 15.8. The highest BCUT2D eigenvalue weighted by Gasteiger charge is 2.25. The van der Waals surface area contributed by atoms with Crippen molar-refractivity contribution < 1.29 is 14.6 Å². The molecule has 1 N–H and O–H groups in total. The van der Waals surface area contributed by atoms with Crippen LogP contribution in [0.1, 0.15) is 30.9 Å². The molecule has 0 aliphatic heterocycles. The van der Waals surface area contributed by atoms with Crippen LogP contribution in [0.3, 0.4) is 0 Å². The number of aliphatic hydroxyl groups excluding tert-OH is 1. The van der Waals surface area contributed by atoms with E-state index in [0.29, 0.717) is 17.6 Å². The van der Waals surface area contributed by atoms with Crippen LogP contribution in [0.25, 0.3) is 11.1 Å². The summed E-state index contributed by atoms with van der Waals surface area (Å²) >= 11 is 6.16. The summed E-state index contributed by atoms with van der Waals surface area (Å²) in [6, 6.07) is 9.31. The number of rotatable bonds is 4. The zero-order valence-corrected chi connectivity index (χ0v) is 14.1. The number of aliphatic hydroxyl groups is 1. The number of aromatic nitrogens is 1. The van der Waals surface area contributed by atoms with Crippen LogP contribution in [0.5, 0.6) is 5.75 Å². The average Bonchev–Trinajstić information content (AvgIpc) is 2.62. The molecule has 1 aromatic carbocycles. The average molecular weight is 344 g/mol. The van der Waals surface area contributed by atoms with Crippen molar-refractivity contribution in [2.75, 3.05) is 7.11 Å².